The number of rotatable bonds is 4. The molecule has 0 spiro atoms. The number of hydrogen-bond acceptors (Lipinski definition) is 5. The number of H-pyrrole nitrogens is 1. The Morgan fingerprint density at radius 3 is 2.59 bits per heavy atom. The van der Waals surface area contributed by atoms with E-state index in [0.717, 1.165) is 31.7 Å². The van der Waals surface area contributed by atoms with Gasteiger partial charge in [0.25, 0.3) is 5.56 Å². The molecule has 1 aromatic heterocycles. The SMILES string of the molecule is CN1CCN(c2ccc(CNc3ncc[nH]c3=O)cc2)CC1. The van der Waals surface area contributed by atoms with Gasteiger partial charge in [-0.15, -0.1) is 0 Å². The summed E-state index contributed by atoms with van der Waals surface area (Å²) in [5.41, 5.74) is 2.19. The van der Waals surface area contributed by atoms with E-state index in [-0.39, 0.29) is 5.56 Å². The van der Waals surface area contributed by atoms with Crippen LogP contribution in [0.25, 0.3) is 0 Å². The molecule has 0 radical (unpaired) electrons. The monoisotopic (exact) mass is 299 g/mol. The van der Waals surface area contributed by atoms with Crippen molar-refractivity contribution in [3.63, 3.8) is 0 Å². The lowest BCUT2D eigenvalue weighted by molar-refractivity contribution is 0.313. The van der Waals surface area contributed by atoms with Crippen LogP contribution in [0.5, 0.6) is 0 Å². The highest BCUT2D eigenvalue weighted by molar-refractivity contribution is 5.48. The van der Waals surface area contributed by atoms with Gasteiger partial charge in [-0.25, -0.2) is 4.98 Å². The van der Waals surface area contributed by atoms with Crippen LogP contribution in [0.3, 0.4) is 0 Å². The third-order valence-corrected chi connectivity index (χ3v) is 3.97. The molecule has 0 aliphatic carbocycles. The van der Waals surface area contributed by atoms with Crippen LogP contribution in [-0.4, -0.2) is 48.1 Å². The first-order valence-corrected chi connectivity index (χ1v) is 7.52. The third kappa shape index (κ3) is 3.46. The molecule has 1 aliphatic rings. The van der Waals surface area contributed by atoms with Crippen LogP contribution in [-0.2, 0) is 6.54 Å². The molecule has 22 heavy (non-hydrogen) atoms. The van der Waals surface area contributed by atoms with E-state index in [4.69, 9.17) is 0 Å². The van der Waals surface area contributed by atoms with Crippen LogP contribution in [0.1, 0.15) is 5.56 Å². The van der Waals surface area contributed by atoms with Gasteiger partial charge in [0.05, 0.1) is 0 Å². The van der Waals surface area contributed by atoms with Gasteiger partial charge in [-0.1, -0.05) is 12.1 Å². The van der Waals surface area contributed by atoms with E-state index in [1.807, 2.05) is 0 Å². The van der Waals surface area contributed by atoms with E-state index in [1.165, 1.54) is 11.9 Å². The maximum atomic E-state index is 11.5. The summed E-state index contributed by atoms with van der Waals surface area (Å²) in [6, 6.07) is 8.48. The summed E-state index contributed by atoms with van der Waals surface area (Å²) < 4.78 is 0. The lowest BCUT2D eigenvalue weighted by atomic mass is 10.2. The summed E-state index contributed by atoms with van der Waals surface area (Å²) >= 11 is 0. The maximum Gasteiger partial charge on any atom is 0.290 e. The molecule has 116 valence electrons. The average molecular weight is 299 g/mol. The van der Waals surface area contributed by atoms with Gasteiger partial charge in [0.2, 0.25) is 0 Å². The number of aromatic nitrogens is 2. The van der Waals surface area contributed by atoms with Gasteiger partial charge in [-0.3, -0.25) is 4.79 Å². The number of benzene rings is 1. The fraction of sp³-hybridized carbons (Fsp3) is 0.375. The Labute approximate surface area is 129 Å². The first kappa shape index (κ1) is 14.6. The predicted octanol–water partition coefficient (Wildman–Crippen LogP) is 1.13. The Hall–Kier alpha value is -2.34. The standard InChI is InChI=1S/C16H21N5O/c1-20-8-10-21(11-9-20)14-4-2-13(3-5-14)12-19-15-16(22)18-7-6-17-15/h2-7H,8-12H2,1H3,(H,17,19)(H,18,22). The molecule has 2 heterocycles. The lowest BCUT2D eigenvalue weighted by Crippen LogP contribution is -2.44. The zero-order valence-electron chi connectivity index (χ0n) is 12.7. The summed E-state index contributed by atoms with van der Waals surface area (Å²) in [4.78, 5) is 22.9. The van der Waals surface area contributed by atoms with E-state index in [9.17, 15) is 4.79 Å². The van der Waals surface area contributed by atoms with Crippen molar-refractivity contribution in [3.8, 4) is 0 Å². The van der Waals surface area contributed by atoms with E-state index in [0.29, 0.717) is 12.4 Å². The molecule has 0 amide bonds. The van der Waals surface area contributed by atoms with Crippen LogP contribution in [0, 0.1) is 0 Å². The van der Waals surface area contributed by atoms with Crippen molar-refractivity contribution in [1.29, 1.82) is 0 Å². The zero-order valence-corrected chi connectivity index (χ0v) is 12.7. The van der Waals surface area contributed by atoms with Gasteiger partial charge >= 0.3 is 0 Å². The highest BCUT2D eigenvalue weighted by Gasteiger charge is 2.13. The van der Waals surface area contributed by atoms with E-state index >= 15 is 0 Å². The van der Waals surface area contributed by atoms with Crippen LogP contribution < -0.4 is 15.8 Å². The number of nitrogens with one attached hydrogen (secondary N) is 2. The number of likely N-dealkylation sites (N-methyl/N-ethyl adjacent to an activating group) is 1. The molecule has 0 atom stereocenters. The summed E-state index contributed by atoms with van der Waals surface area (Å²) in [6.07, 6.45) is 3.10. The molecule has 1 fully saturated rings. The number of piperazine rings is 1. The molecule has 2 aromatic rings. The topological polar surface area (TPSA) is 64.3 Å². The largest absolute Gasteiger partial charge is 0.369 e. The minimum absolute atomic E-state index is 0.198. The van der Waals surface area contributed by atoms with Crippen LogP contribution >= 0.6 is 0 Å². The first-order chi connectivity index (χ1) is 10.7. The third-order valence-electron chi connectivity index (χ3n) is 3.97. The lowest BCUT2D eigenvalue weighted by Gasteiger charge is -2.34. The van der Waals surface area contributed by atoms with Crippen LogP contribution in [0.4, 0.5) is 11.5 Å². The average Bonchev–Trinajstić information content (AvgIpc) is 2.55. The van der Waals surface area contributed by atoms with E-state index < -0.39 is 0 Å². The van der Waals surface area contributed by atoms with E-state index in [2.05, 4.69) is 56.4 Å². The number of hydrogen-bond donors (Lipinski definition) is 2. The molecule has 1 aromatic carbocycles. The molecule has 6 nitrogen and oxygen atoms in total. The molecular weight excluding hydrogens is 278 g/mol. The van der Waals surface area contributed by atoms with Crippen molar-refractivity contribution in [3.05, 3.63) is 52.6 Å². The first-order valence-electron chi connectivity index (χ1n) is 7.52. The summed E-state index contributed by atoms with van der Waals surface area (Å²) in [7, 11) is 2.16. The van der Waals surface area contributed by atoms with Gasteiger partial charge in [0, 0.05) is 50.8 Å². The number of aromatic amines is 1. The molecule has 0 bridgehead atoms. The summed E-state index contributed by atoms with van der Waals surface area (Å²) in [5.74, 6) is 0.352. The number of anilines is 2. The van der Waals surface area contributed by atoms with Crippen molar-refractivity contribution >= 4 is 11.5 Å². The predicted molar refractivity (Wildman–Crippen MR) is 88.3 cm³/mol. The normalized spacial score (nSPS) is 15.8. The van der Waals surface area contributed by atoms with Crippen molar-refractivity contribution in [2.75, 3.05) is 43.4 Å². The second-order valence-electron chi connectivity index (χ2n) is 5.58. The van der Waals surface area contributed by atoms with Crippen molar-refractivity contribution in [1.82, 2.24) is 14.9 Å². The zero-order chi connectivity index (χ0) is 15.4. The smallest absolute Gasteiger partial charge is 0.290 e. The molecular formula is C16H21N5O. The Kier molecular flexibility index (Phi) is 4.39. The molecule has 1 aliphatic heterocycles. The molecule has 0 unspecified atom stereocenters. The Morgan fingerprint density at radius 1 is 1.18 bits per heavy atom. The summed E-state index contributed by atoms with van der Waals surface area (Å²) in [6.45, 7) is 4.93. The maximum absolute atomic E-state index is 11.5. The van der Waals surface area contributed by atoms with Crippen LogP contribution in [0.15, 0.2) is 41.5 Å². The van der Waals surface area contributed by atoms with Gasteiger partial charge < -0.3 is 20.1 Å². The van der Waals surface area contributed by atoms with Gasteiger partial charge in [-0.2, -0.15) is 0 Å². The van der Waals surface area contributed by atoms with Crippen molar-refractivity contribution in [2.24, 2.45) is 0 Å². The van der Waals surface area contributed by atoms with Gasteiger partial charge in [0.1, 0.15) is 0 Å². The summed E-state index contributed by atoms with van der Waals surface area (Å²) in [5, 5.41) is 3.06. The second kappa shape index (κ2) is 6.62. The van der Waals surface area contributed by atoms with Crippen molar-refractivity contribution in [2.45, 2.75) is 6.54 Å². The fourth-order valence-electron chi connectivity index (χ4n) is 2.55. The molecule has 0 saturated carbocycles. The van der Waals surface area contributed by atoms with Crippen molar-refractivity contribution < 1.29 is 0 Å². The minimum atomic E-state index is -0.198. The second-order valence-corrected chi connectivity index (χ2v) is 5.58. The Balaban J connectivity index is 1.60. The van der Waals surface area contributed by atoms with E-state index in [1.54, 1.807) is 6.20 Å². The van der Waals surface area contributed by atoms with Gasteiger partial charge in [-0.05, 0) is 24.7 Å². The van der Waals surface area contributed by atoms with Crippen LogP contribution in [0.2, 0.25) is 0 Å². The molecule has 6 heteroatoms. The number of nitrogens with zero attached hydrogens (tertiary/aromatic N) is 3. The highest BCUT2D eigenvalue weighted by atomic mass is 16.1. The molecule has 2 N–H and O–H groups in total. The Morgan fingerprint density at radius 2 is 1.91 bits per heavy atom. The Bertz CT molecular complexity index is 659. The minimum Gasteiger partial charge on any atom is -0.369 e. The fourth-order valence-corrected chi connectivity index (χ4v) is 2.55. The quantitative estimate of drug-likeness (QED) is 0.886. The van der Waals surface area contributed by atoms with Gasteiger partial charge in [0.15, 0.2) is 5.82 Å². The highest BCUT2D eigenvalue weighted by Crippen LogP contribution is 2.17. The molecule has 1 saturated heterocycles. The molecule has 3 rings (SSSR count).